The molecule has 0 aromatic carbocycles. The first-order valence-electron chi connectivity index (χ1n) is 6.84. The third-order valence-corrected chi connectivity index (χ3v) is 2.84. The molecule has 0 aliphatic heterocycles. The molecule has 1 aromatic heterocycles. The molecule has 108 valence electrons. The van der Waals surface area contributed by atoms with E-state index in [1.54, 1.807) is 0 Å². The van der Waals surface area contributed by atoms with E-state index in [-0.39, 0.29) is 12.0 Å². The van der Waals surface area contributed by atoms with Gasteiger partial charge in [-0.1, -0.05) is 33.1 Å². The summed E-state index contributed by atoms with van der Waals surface area (Å²) in [4.78, 5) is 12.4. The van der Waals surface area contributed by atoms with E-state index in [0.29, 0.717) is 12.0 Å². The largest absolute Gasteiger partial charge is 0.467 e. The molecule has 0 radical (unpaired) electrons. The summed E-state index contributed by atoms with van der Waals surface area (Å²) >= 11 is 0. The second-order valence-corrected chi connectivity index (χ2v) is 4.40. The summed E-state index contributed by atoms with van der Waals surface area (Å²) in [6.07, 6.45) is 5.71. The average molecular weight is 268 g/mol. The molecule has 0 spiro atoms. The summed E-state index contributed by atoms with van der Waals surface area (Å²) in [7, 11) is 3.05. The smallest absolute Gasteiger partial charge is 0.324 e. The third kappa shape index (κ3) is 5.28. The van der Waals surface area contributed by atoms with E-state index >= 15 is 0 Å². The Balaban J connectivity index is 2.76. The van der Waals surface area contributed by atoms with Gasteiger partial charge in [0.15, 0.2) is 0 Å². The molecule has 6 nitrogen and oxygen atoms in total. The van der Waals surface area contributed by atoms with Crippen LogP contribution in [-0.2, 0) is 0 Å². The maximum absolute atomic E-state index is 5.04. The summed E-state index contributed by atoms with van der Waals surface area (Å²) in [5.41, 5.74) is 0. The Hall–Kier alpha value is -1.59. The highest BCUT2D eigenvalue weighted by molar-refractivity contribution is 5.28. The molecule has 0 saturated heterocycles. The van der Waals surface area contributed by atoms with E-state index in [1.807, 2.05) is 0 Å². The number of methoxy groups -OCH3 is 2. The highest BCUT2D eigenvalue weighted by Gasteiger charge is 2.12. The fourth-order valence-corrected chi connectivity index (χ4v) is 1.86. The van der Waals surface area contributed by atoms with Gasteiger partial charge in [-0.3, -0.25) is 0 Å². The second-order valence-electron chi connectivity index (χ2n) is 4.40. The molecule has 0 amide bonds. The summed E-state index contributed by atoms with van der Waals surface area (Å²) < 4.78 is 10.1. The van der Waals surface area contributed by atoms with Crippen LogP contribution < -0.4 is 14.8 Å². The summed E-state index contributed by atoms with van der Waals surface area (Å²) in [6, 6.07) is 0.905. The van der Waals surface area contributed by atoms with Gasteiger partial charge in [0.25, 0.3) is 0 Å². The number of nitrogens with one attached hydrogen (secondary N) is 1. The molecule has 0 fully saturated rings. The minimum Gasteiger partial charge on any atom is -0.467 e. The number of rotatable bonds is 9. The number of hydrogen-bond acceptors (Lipinski definition) is 6. The van der Waals surface area contributed by atoms with Crippen LogP contribution >= 0.6 is 0 Å². The zero-order valence-electron chi connectivity index (χ0n) is 12.3. The molecule has 0 aliphatic rings. The van der Waals surface area contributed by atoms with E-state index in [2.05, 4.69) is 34.1 Å². The molecule has 0 saturated carbocycles. The van der Waals surface area contributed by atoms with E-state index < -0.39 is 0 Å². The number of hydrogen-bond donors (Lipinski definition) is 1. The van der Waals surface area contributed by atoms with Crippen LogP contribution in [0.2, 0.25) is 0 Å². The normalized spacial score (nSPS) is 12.0. The van der Waals surface area contributed by atoms with Gasteiger partial charge in [0.05, 0.1) is 14.2 Å². The van der Waals surface area contributed by atoms with Crippen molar-refractivity contribution in [1.29, 1.82) is 0 Å². The SMILES string of the molecule is CCCCC(CCC)Nc1nc(OC)nc(OC)n1. The molecule has 0 bridgehead atoms. The molecular formula is C13H24N4O2. The Bertz CT molecular complexity index is 351. The van der Waals surface area contributed by atoms with Crippen molar-refractivity contribution in [3.8, 4) is 12.0 Å². The van der Waals surface area contributed by atoms with Crippen molar-refractivity contribution >= 4 is 5.95 Å². The van der Waals surface area contributed by atoms with Gasteiger partial charge in [-0.05, 0) is 12.8 Å². The fraction of sp³-hybridized carbons (Fsp3) is 0.769. The first-order valence-corrected chi connectivity index (χ1v) is 6.84. The van der Waals surface area contributed by atoms with Crippen LogP contribution in [-0.4, -0.2) is 35.2 Å². The lowest BCUT2D eigenvalue weighted by molar-refractivity contribution is 0.340. The minimum absolute atomic E-state index is 0.264. The zero-order chi connectivity index (χ0) is 14.1. The Morgan fingerprint density at radius 3 is 2.05 bits per heavy atom. The van der Waals surface area contributed by atoms with E-state index in [0.717, 1.165) is 19.3 Å². The lowest BCUT2D eigenvalue weighted by Crippen LogP contribution is -2.21. The number of aromatic nitrogens is 3. The topological polar surface area (TPSA) is 69.2 Å². The van der Waals surface area contributed by atoms with Gasteiger partial charge in [0.1, 0.15) is 0 Å². The van der Waals surface area contributed by atoms with Crippen molar-refractivity contribution in [3.63, 3.8) is 0 Å². The molecule has 1 rings (SSSR count). The first-order chi connectivity index (χ1) is 9.23. The zero-order valence-corrected chi connectivity index (χ0v) is 12.3. The number of unbranched alkanes of at least 4 members (excludes halogenated alkanes) is 1. The highest BCUT2D eigenvalue weighted by Crippen LogP contribution is 2.16. The molecule has 1 N–H and O–H groups in total. The number of nitrogens with zero attached hydrogens (tertiary/aromatic N) is 3. The molecule has 0 aliphatic carbocycles. The fourth-order valence-electron chi connectivity index (χ4n) is 1.86. The Morgan fingerprint density at radius 1 is 0.947 bits per heavy atom. The van der Waals surface area contributed by atoms with E-state index in [1.165, 1.54) is 27.1 Å². The van der Waals surface area contributed by atoms with E-state index in [4.69, 9.17) is 9.47 Å². The predicted octanol–water partition coefficient (Wildman–Crippen LogP) is 2.66. The van der Waals surface area contributed by atoms with Crippen molar-refractivity contribution in [2.24, 2.45) is 0 Å². The summed E-state index contributed by atoms with van der Waals surface area (Å²) in [6.45, 7) is 4.37. The van der Waals surface area contributed by atoms with Gasteiger partial charge in [-0.2, -0.15) is 9.97 Å². The molecule has 1 unspecified atom stereocenters. The van der Waals surface area contributed by atoms with Gasteiger partial charge in [0.2, 0.25) is 5.95 Å². The average Bonchev–Trinajstić information content (AvgIpc) is 2.44. The van der Waals surface area contributed by atoms with Crippen LogP contribution in [0.1, 0.15) is 46.0 Å². The maximum atomic E-state index is 5.04. The molecule has 19 heavy (non-hydrogen) atoms. The lowest BCUT2D eigenvalue weighted by atomic mass is 10.1. The Morgan fingerprint density at radius 2 is 1.58 bits per heavy atom. The Labute approximate surface area is 115 Å². The molecule has 1 aromatic rings. The number of anilines is 1. The highest BCUT2D eigenvalue weighted by atomic mass is 16.5. The van der Waals surface area contributed by atoms with Crippen molar-refractivity contribution in [2.75, 3.05) is 19.5 Å². The van der Waals surface area contributed by atoms with Crippen LogP contribution in [0.5, 0.6) is 12.0 Å². The van der Waals surface area contributed by atoms with Crippen LogP contribution in [0.3, 0.4) is 0 Å². The first kappa shape index (κ1) is 15.5. The predicted molar refractivity (Wildman–Crippen MR) is 74.8 cm³/mol. The summed E-state index contributed by atoms with van der Waals surface area (Å²) in [5.74, 6) is 0.512. The minimum atomic E-state index is 0.264. The maximum Gasteiger partial charge on any atom is 0.324 e. The van der Waals surface area contributed by atoms with Crippen molar-refractivity contribution in [3.05, 3.63) is 0 Å². The van der Waals surface area contributed by atoms with Crippen LogP contribution in [0.15, 0.2) is 0 Å². The Kier molecular flexibility index (Phi) is 6.92. The molecular weight excluding hydrogens is 244 g/mol. The van der Waals surface area contributed by atoms with Crippen molar-refractivity contribution in [1.82, 2.24) is 15.0 Å². The third-order valence-electron chi connectivity index (χ3n) is 2.84. The van der Waals surface area contributed by atoms with Gasteiger partial charge in [-0.25, -0.2) is 0 Å². The quantitative estimate of drug-likeness (QED) is 0.742. The van der Waals surface area contributed by atoms with Gasteiger partial charge in [0, 0.05) is 6.04 Å². The van der Waals surface area contributed by atoms with Gasteiger partial charge < -0.3 is 14.8 Å². The lowest BCUT2D eigenvalue weighted by Gasteiger charge is -2.18. The molecule has 1 atom stereocenters. The van der Waals surface area contributed by atoms with Crippen molar-refractivity contribution in [2.45, 2.75) is 52.0 Å². The van der Waals surface area contributed by atoms with Gasteiger partial charge in [-0.15, -0.1) is 4.98 Å². The van der Waals surface area contributed by atoms with Gasteiger partial charge >= 0.3 is 12.0 Å². The van der Waals surface area contributed by atoms with Crippen LogP contribution in [0.4, 0.5) is 5.95 Å². The van der Waals surface area contributed by atoms with Crippen LogP contribution in [0, 0.1) is 0 Å². The molecule has 6 heteroatoms. The monoisotopic (exact) mass is 268 g/mol. The summed E-state index contributed by atoms with van der Waals surface area (Å²) in [5, 5.41) is 3.34. The van der Waals surface area contributed by atoms with Crippen LogP contribution in [0.25, 0.3) is 0 Å². The molecule has 1 heterocycles. The van der Waals surface area contributed by atoms with E-state index in [9.17, 15) is 0 Å². The van der Waals surface area contributed by atoms with Crippen molar-refractivity contribution < 1.29 is 9.47 Å². The second kappa shape index (κ2) is 8.50. The standard InChI is InChI=1S/C13H24N4O2/c1-5-7-9-10(8-6-2)14-11-15-12(18-3)17-13(16-11)19-4/h10H,5-9H2,1-4H3,(H,14,15,16,17). The number of ether oxygens (including phenoxy) is 2.